The van der Waals surface area contributed by atoms with Gasteiger partial charge in [0.25, 0.3) is 8.32 Å². The van der Waals surface area contributed by atoms with Crippen LogP contribution in [0, 0.1) is 0 Å². The highest BCUT2D eigenvalue weighted by atomic mass is 28.4. The van der Waals surface area contributed by atoms with Crippen LogP contribution in [0.25, 0.3) is 0 Å². The number of hydrogen-bond acceptors (Lipinski definition) is 16. The summed E-state index contributed by atoms with van der Waals surface area (Å²) in [6, 6.07) is 50.6. The monoisotopic (exact) mass is 1210 g/mol. The fraction of sp³-hybridized carbons (Fsp3) is 0.333. The Kier molecular flexibility index (Phi) is 25.0. The van der Waals surface area contributed by atoms with Gasteiger partial charge in [0.2, 0.25) is 11.9 Å². The van der Waals surface area contributed by atoms with E-state index in [1.54, 1.807) is 120 Å². The van der Waals surface area contributed by atoms with Gasteiger partial charge in [0.1, 0.15) is 43.3 Å². The fourth-order valence-corrected chi connectivity index (χ4v) is 13.4. The molecule has 6 aromatic carbocycles. The average molecular weight is 1210 g/mol. The van der Waals surface area contributed by atoms with Gasteiger partial charge in [-0.1, -0.05) is 191 Å². The first-order valence-electron chi connectivity index (χ1n) is 28.3. The molecule has 6 rings (SSSR count). The van der Waals surface area contributed by atoms with Gasteiger partial charge in [0, 0.05) is 13.0 Å². The summed E-state index contributed by atoms with van der Waals surface area (Å²) in [6.07, 6.45) is -6.52. The van der Waals surface area contributed by atoms with E-state index in [1.165, 1.54) is 12.1 Å². The number of benzene rings is 6. The van der Waals surface area contributed by atoms with E-state index in [0.29, 0.717) is 11.1 Å². The van der Waals surface area contributed by atoms with Gasteiger partial charge in [0.15, 0.2) is 11.9 Å². The minimum Gasteiger partial charge on any atom is -0.451 e. The van der Waals surface area contributed by atoms with Crippen LogP contribution in [0.3, 0.4) is 0 Å². The molecule has 0 aliphatic rings. The van der Waals surface area contributed by atoms with Crippen LogP contribution in [-0.2, 0) is 62.2 Å². The van der Waals surface area contributed by atoms with E-state index in [2.05, 4.69) is 42.0 Å². The SMILES string of the molecule is CC(C)(C)OC(=O)NC(=N[C@@H](COCOCc1ccccc1)[C@H](N=C(NC(=O)OCc1ccccc1)NC(=O)OC(C)(C)C)C(=O)[C@H](CCO[Si](c1ccccc1)(c1ccccc1)C(C)(C)C)OC(=O)c1ccccc1)NC(=O)OCc1ccccc1. The first kappa shape index (κ1) is 67.1. The summed E-state index contributed by atoms with van der Waals surface area (Å²) >= 11 is 0. The van der Waals surface area contributed by atoms with Gasteiger partial charge in [-0.15, -0.1) is 0 Å². The number of ether oxygens (including phenoxy) is 7. The smallest absolute Gasteiger partial charge is 0.414 e. The molecule has 3 atom stereocenters. The van der Waals surface area contributed by atoms with Crippen LogP contribution in [0.4, 0.5) is 19.2 Å². The van der Waals surface area contributed by atoms with Crippen molar-refractivity contribution in [2.75, 3.05) is 20.0 Å². The van der Waals surface area contributed by atoms with Gasteiger partial charge in [-0.2, -0.15) is 0 Å². The first-order chi connectivity index (χ1) is 41.5. The second-order valence-corrected chi connectivity index (χ2v) is 27.2. The maximum absolute atomic E-state index is 16.2. The van der Waals surface area contributed by atoms with Gasteiger partial charge in [0.05, 0.1) is 18.8 Å². The zero-order valence-electron chi connectivity index (χ0n) is 50.6. The molecule has 0 fully saturated rings. The molecule has 0 aliphatic carbocycles. The molecule has 0 saturated heterocycles. The van der Waals surface area contributed by atoms with Gasteiger partial charge >= 0.3 is 30.3 Å². The number of carbonyl (C=O) groups is 6. The summed E-state index contributed by atoms with van der Waals surface area (Å²) in [4.78, 5) is 95.4. The molecular weight excluding hydrogens is 1130 g/mol. The lowest BCUT2D eigenvalue weighted by Gasteiger charge is -2.43. The summed E-state index contributed by atoms with van der Waals surface area (Å²) in [5.74, 6) is -3.22. The number of carbonyl (C=O) groups excluding carboxylic acids is 6. The number of alkyl carbamates (subject to hydrolysis) is 4. The topological polar surface area (TPSA) is 249 Å². The van der Waals surface area contributed by atoms with Crippen LogP contribution in [0.2, 0.25) is 5.04 Å². The molecule has 0 saturated carbocycles. The Morgan fingerprint density at radius 1 is 0.471 bits per heavy atom. The van der Waals surface area contributed by atoms with Gasteiger partial charge < -0.3 is 37.6 Å². The van der Waals surface area contributed by atoms with Crippen molar-refractivity contribution in [3.63, 3.8) is 0 Å². The normalized spacial score (nSPS) is 13.2. The fourth-order valence-electron chi connectivity index (χ4n) is 8.81. The highest BCUT2D eigenvalue weighted by Gasteiger charge is 2.50. The molecule has 21 heteroatoms. The summed E-state index contributed by atoms with van der Waals surface area (Å²) in [5.41, 5.74) is -0.0226. The number of ketones is 1. The molecule has 4 amide bonds. The van der Waals surface area contributed by atoms with E-state index in [-0.39, 0.29) is 38.4 Å². The van der Waals surface area contributed by atoms with Crippen LogP contribution in [0.15, 0.2) is 192 Å². The van der Waals surface area contributed by atoms with E-state index in [9.17, 15) is 24.0 Å². The molecule has 0 radical (unpaired) electrons. The Hall–Kier alpha value is -9.02. The zero-order valence-corrected chi connectivity index (χ0v) is 51.6. The van der Waals surface area contributed by atoms with Crippen molar-refractivity contribution in [1.82, 2.24) is 21.3 Å². The van der Waals surface area contributed by atoms with Gasteiger partial charge in [-0.25, -0.2) is 34.0 Å². The van der Waals surface area contributed by atoms with Crippen LogP contribution < -0.4 is 31.6 Å². The molecule has 4 N–H and O–H groups in total. The van der Waals surface area contributed by atoms with Crippen molar-refractivity contribution < 1.29 is 66.4 Å². The largest absolute Gasteiger partial charge is 0.451 e. The van der Waals surface area contributed by atoms with Crippen LogP contribution in [-0.4, -0.2) is 106 Å². The molecule has 0 bridgehead atoms. The van der Waals surface area contributed by atoms with Crippen molar-refractivity contribution in [1.29, 1.82) is 0 Å². The number of hydrogen-bond donors (Lipinski definition) is 4. The number of rotatable bonds is 23. The third-order valence-corrected chi connectivity index (χ3v) is 17.6. The average Bonchev–Trinajstić information content (AvgIpc) is 0.858. The highest BCUT2D eigenvalue weighted by Crippen LogP contribution is 2.37. The predicted molar refractivity (Wildman–Crippen MR) is 332 cm³/mol. The third kappa shape index (κ3) is 22.4. The molecule has 20 nitrogen and oxygen atoms in total. The predicted octanol–water partition coefficient (Wildman–Crippen LogP) is 10.3. The van der Waals surface area contributed by atoms with Gasteiger partial charge in [-0.3, -0.25) is 26.1 Å². The molecule has 0 aliphatic heterocycles. The van der Waals surface area contributed by atoms with Crippen molar-refractivity contribution in [3.8, 4) is 0 Å². The van der Waals surface area contributed by atoms with Crippen molar-refractivity contribution in [2.24, 2.45) is 9.98 Å². The minimum atomic E-state index is -3.33. The lowest BCUT2D eigenvalue weighted by atomic mass is 9.99. The van der Waals surface area contributed by atoms with Crippen LogP contribution in [0.5, 0.6) is 0 Å². The Bertz CT molecular complexity index is 3170. The lowest BCUT2D eigenvalue weighted by Crippen LogP contribution is -2.66. The summed E-state index contributed by atoms with van der Waals surface area (Å²) in [7, 11) is -3.33. The Labute approximate surface area is 509 Å². The van der Waals surface area contributed by atoms with E-state index in [1.807, 2.05) is 91.0 Å². The van der Waals surface area contributed by atoms with Crippen molar-refractivity contribution in [3.05, 3.63) is 204 Å². The maximum Gasteiger partial charge on any atom is 0.414 e. The molecule has 460 valence electrons. The number of nitrogens with zero attached hydrogens (tertiary/aromatic N) is 2. The maximum atomic E-state index is 16.2. The van der Waals surface area contributed by atoms with Crippen molar-refractivity contribution in [2.45, 2.75) is 123 Å². The van der Waals surface area contributed by atoms with E-state index >= 15 is 4.79 Å². The summed E-state index contributed by atoms with van der Waals surface area (Å²) in [5, 5.41) is 11.1. The van der Waals surface area contributed by atoms with Gasteiger partial charge in [-0.05, 0) is 85.8 Å². The first-order valence-corrected chi connectivity index (χ1v) is 30.2. The third-order valence-electron chi connectivity index (χ3n) is 12.6. The lowest BCUT2D eigenvalue weighted by molar-refractivity contribution is -0.131. The van der Waals surface area contributed by atoms with E-state index in [0.717, 1.165) is 15.9 Å². The molecule has 87 heavy (non-hydrogen) atoms. The summed E-state index contributed by atoms with van der Waals surface area (Å²) < 4.78 is 47.9. The minimum absolute atomic E-state index is 0.0916. The number of aliphatic imine (C=N–C) groups is 2. The van der Waals surface area contributed by atoms with Crippen molar-refractivity contribution >= 4 is 66.7 Å². The second kappa shape index (κ2) is 32.5. The van der Waals surface area contributed by atoms with E-state index < -0.39 is 104 Å². The second-order valence-electron chi connectivity index (χ2n) is 22.9. The number of guanidine groups is 2. The number of amides is 4. The Balaban J connectivity index is 1.55. The molecule has 0 unspecified atom stereocenters. The molecule has 0 heterocycles. The van der Waals surface area contributed by atoms with E-state index in [4.69, 9.17) is 47.6 Å². The number of nitrogens with one attached hydrogen (secondary N) is 4. The molecule has 6 aromatic rings. The molecule has 0 spiro atoms. The molecule has 0 aromatic heterocycles. The molecular formula is C66H78N6O14Si. The Morgan fingerprint density at radius 2 is 0.862 bits per heavy atom. The number of esters is 1. The Morgan fingerprint density at radius 3 is 1.29 bits per heavy atom. The standard InChI is InChI=1S/C66H78N6O14Si/c1-64(2,3)85-62(77)71-58(69-60(75)81-43-48-30-18-11-19-31-48)67-53(45-80-46-79-42-47-28-16-10-17-29-47)55(68-59(72-63(78)86-65(4,5)6)70-61(76)82-44-49-32-20-12-21-33-49)56(73)54(84-57(74)50-34-22-13-23-35-50)40-41-83-87(66(7,8)9,51-36-24-14-25-37-51)52-38-26-15-27-39-52/h10-39,53-55H,40-46H2,1-9H3,(H2,67,69,71,75,77)(H2,68,70,72,76,78)/t53-,54-,55-/m0/s1. The quantitative estimate of drug-likeness (QED) is 0.00886. The van der Waals surface area contributed by atoms with Crippen LogP contribution >= 0.6 is 0 Å². The highest BCUT2D eigenvalue weighted by molar-refractivity contribution is 6.99. The number of Topliss-reactive ketones (excluding diaryl/α,β-unsaturated/α-hetero) is 1. The summed E-state index contributed by atoms with van der Waals surface area (Å²) in [6.45, 7) is 14.4. The zero-order chi connectivity index (χ0) is 62.9. The van der Waals surface area contributed by atoms with Crippen LogP contribution in [0.1, 0.15) is 95.8 Å².